The van der Waals surface area contributed by atoms with Gasteiger partial charge in [0.2, 0.25) is 5.91 Å². The number of carbonyl (C=O) groups excluding carboxylic acids is 2. The van der Waals surface area contributed by atoms with Crippen LogP contribution in [0, 0.1) is 5.92 Å². The molecule has 2 amide bonds. The number of nitrogens with zero attached hydrogens (tertiary/aromatic N) is 1. The standard InChI is InChI=1S/C27H37N3O2/c1-5-7-10-20(6-2)26(31)29-23-13-14-25(24(17-23)27(32)28-19(3)4)30-16-15-21-11-8-9-12-22(21)18-30/h8-9,11-14,17,19-20H,5-7,10,15-16,18H2,1-4H3,(H,28,32)(H,29,31)/t20-/m1/s1. The molecule has 172 valence electrons. The number of anilines is 2. The summed E-state index contributed by atoms with van der Waals surface area (Å²) in [5.41, 5.74) is 4.87. The highest BCUT2D eigenvalue weighted by Gasteiger charge is 2.23. The van der Waals surface area contributed by atoms with Gasteiger partial charge in [-0.25, -0.2) is 0 Å². The second-order valence-electron chi connectivity index (χ2n) is 9.04. The topological polar surface area (TPSA) is 61.4 Å². The van der Waals surface area contributed by atoms with Crippen LogP contribution in [-0.2, 0) is 17.8 Å². The average Bonchev–Trinajstić information content (AvgIpc) is 2.78. The van der Waals surface area contributed by atoms with Gasteiger partial charge < -0.3 is 15.5 Å². The Bertz CT molecular complexity index is 938. The molecule has 1 aliphatic rings. The number of benzene rings is 2. The van der Waals surface area contributed by atoms with Gasteiger partial charge in [-0.3, -0.25) is 9.59 Å². The van der Waals surface area contributed by atoms with Gasteiger partial charge in [-0.1, -0.05) is 51.0 Å². The van der Waals surface area contributed by atoms with Crippen LogP contribution in [0.1, 0.15) is 74.9 Å². The van der Waals surface area contributed by atoms with Crippen LogP contribution in [0.3, 0.4) is 0 Å². The summed E-state index contributed by atoms with van der Waals surface area (Å²) in [6.07, 6.45) is 4.79. The first-order valence-corrected chi connectivity index (χ1v) is 12.0. The molecule has 0 saturated heterocycles. The van der Waals surface area contributed by atoms with Gasteiger partial charge >= 0.3 is 0 Å². The van der Waals surface area contributed by atoms with E-state index in [1.165, 1.54) is 11.1 Å². The molecule has 32 heavy (non-hydrogen) atoms. The van der Waals surface area contributed by atoms with Crippen LogP contribution in [0.25, 0.3) is 0 Å². The van der Waals surface area contributed by atoms with Crippen LogP contribution in [0.15, 0.2) is 42.5 Å². The van der Waals surface area contributed by atoms with Gasteiger partial charge in [0.05, 0.1) is 5.56 Å². The number of amides is 2. The number of carbonyl (C=O) groups is 2. The number of hydrogen-bond acceptors (Lipinski definition) is 3. The van der Waals surface area contributed by atoms with E-state index in [0.717, 1.165) is 50.9 Å². The van der Waals surface area contributed by atoms with Crippen molar-refractivity contribution < 1.29 is 9.59 Å². The third kappa shape index (κ3) is 5.90. The Hall–Kier alpha value is -2.82. The smallest absolute Gasteiger partial charge is 0.253 e. The average molecular weight is 436 g/mol. The lowest BCUT2D eigenvalue weighted by molar-refractivity contribution is -0.120. The molecule has 5 nitrogen and oxygen atoms in total. The van der Waals surface area contributed by atoms with Crippen LogP contribution in [0.5, 0.6) is 0 Å². The number of unbranched alkanes of at least 4 members (excludes halogenated alkanes) is 1. The summed E-state index contributed by atoms with van der Waals surface area (Å²) in [6, 6.07) is 14.3. The van der Waals surface area contributed by atoms with Crippen molar-refractivity contribution in [2.45, 2.75) is 72.4 Å². The molecule has 0 fully saturated rings. The monoisotopic (exact) mass is 435 g/mol. The minimum absolute atomic E-state index is 0.00108. The first kappa shape index (κ1) is 23.8. The Morgan fingerprint density at radius 1 is 1.06 bits per heavy atom. The van der Waals surface area contributed by atoms with Gasteiger partial charge in [0.25, 0.3) is 5.91 Å². The minimum atomic E-state index is -0.108. The SMILES string of the molecule is CCCC[C@@H](CC)C(=O)Nc1ccc(N2CCc3ccccc3C2)c(C(=O)NC(C)C)c1. The van der Waals surface area contributed by atoms with E-state index in [9.17, 15) is 9.59 Å². The lowest BCUT2D eigenvalue weighted by Crippen LogP contribution is -2.35. The molecular weight excluding hydrogens is 398 g/mol. The van der Waals surface area contributed by atoms with Crippen molar-refractivity contribution in [1.82, 2.24) is 5.32 Å². The largest absolute Gasteiger partial charge is 0.366 e. The number of nitrogens with one attached hydrogen (secondary N) is 2. The molecule has 3 rings (SSSR count). The van der Waals surface area contributed by atoms with Crippen LogP contribution < -0.4 is 15.5 Å². The second-order valence-corrected chi connectivity index (χ2v) is 9.04. The quantitative estimate of drug-likeness (QED) is 0.543. The highest BCUT2D eigenvalue weighted by Crippen LogP contribution is 2.30. The number of rotatable bonds is 9. The van der Waals surface area contributed by atoms with E-state index < -0.39 is 0 Å². The van der Waals surface area contributed by atoms with Crippen LogP contribution in [0.4, 0.5) is 11.4 Å². The van der Waals surface area contributed by atoms with E-state index in [4.69, 9.17) is 0 Å². The molecule has 0 aliphatic carbocycles. The highest BCUT2D eigenvalue weighted by molar-refractivity contribution is 6.02. The third-order valence-electron chi connectivity index (χ3n) is 6.17. The Morgan fingerprint density at radius 3 is 2.50 bits per heavy atom. The molecule has 0 bridgehead atoms. The van der Waals surface area contributed by atoms with Crippen molar-refractivity contribution in [3.8, 4) is 0 Å². The molecule has 0 aromatic heterocycles. The van der Waals surface area contributed by atoms with Crippen LogP contribution in [-0.4, -0.2) is 24.4 Å². The molecule has 1 heterocycles. The maximum absolute atomic E-state index is 13.1. The summed E-state index contributed by atoms with van der Waals surface area (Å²) < 4.78 is 0. The van der Waals surface area contributed by atoms with Crippen LogP contribution >= 0.6 is 0 Å². The Balaban J connectivity index is 1.86. The van der Waals surface area contributed by atoms with Crippen LogP contribution in [0.2, 0.25) is 0 Å². The Kier molecular flexibility index (Phi) is 8.32. The molecule has 0 spiro atoms. The second kappa shape index (κ2) is 11.2. The molecule has 2 N–H and O–H groups in total. The summed E-state index contributed by atoms with van der Waals surface area (Å²) in [4.78, 5) is 28.2. The zero-order valence-electron chi connectivity index (χ0n) is 19.9. The molecule has 2 aromatic rings. The van der Waals surface area contributed by atoms with Crippen molar-refractivity contribution in [2.75, 3.05) is 16.8 Å². The summed E-state index contributed by atoms with van der Waals surface area (Å²) in [6.45, 7) is 9.75. The van der Waals surface area contributed by atoms with Gasteiger partial charge in [0.15, 0.2) is 0 Å². The third-order valence-corrected chi connectivity index (χ3v) is 6.17. The lowest BCUT2D eigenvalue weighted by Gasteiger charge is -2.32. The molecule has 0 radical (unpaired) electrons. The van der Waals surface area contributed by atoms with E-state index in [1.807, 2.05) is 32.0 Å². The van der Waals surface area contributed by atoms with Gasteiger partial charge in [-0.2, -0.15) is 0 Å². The molecule has 0 saturated carbocycles. The fourth-order valence-electron chi connectivity index (χ4n) is 4.33. The molecular formula is C27H37N3O2. The van der Waals surface area contributed by atoms with Crippen molar-refractivity contribution in [3.05, 3.63) is 59.2 Å². The molecule has 1 atom stereocenters. The van der Waals surface area contributed by atoms with Crippen molar-refractivity contribution >= 4 is 23.2 Å². The summed E-state index contributed by atoms with van der Waals surface area (Å²) >= 11 is 0. The molecule has 0 unspecified atom stereocenters. The summed E-state index contributed by atoms with van der Waals surface area (Å²) in [7, 11) is 0. The van der Waals surface area contributed by atoms with Crippen molar-refractivity contribution in [1.29, 1.82) is 0 Å². The van der Waals surface area contributed by atoms with Gasteiger partial charge in [0.1, 0.15) is 0 Å². The van der Waals surface area contributed by atoms with Gasteiger partial charge in [0, 0.05) is 36.4 Å². The zero-order chi connectivity index (χ0) is 23.1. The number of hydrogen-bond donors (Lipinski definition) is 2. The predicted molar refractivity (Wildman–Crippen MR) is 132 cm³/mol. The van der Waals surface area contributed by atoms with E-state index in [0.29, 0.717) is 11.3 Å². The van der Waals surface area contributed by atoms with Crippen molar-refractivity contribution in [2.24, 2.45) is 5.92 Å². The van der Waals surface area contributed by atoms with E-state index >= 15 is 0 Å². The first-order chi connectivity index (χ1) is 15.4. The van der Waals surface area contributed by atoms with Crippen molar-refractivity contribution in [3.63, 3.8) is 0 Å². The fraction of sp³-hybridized carbons (Fsp3) is 0.481. The maximum Gasteiger partial charge on any atom is 0.253 e. The first-order valence-electron chi connectivity index (χ1n) is 12.0. The summed E-state index contributed by atoms with van der Waals surface area (Å²) in [5.74, 6) is -0.0695. The minimum Gasteiger partial charge on any atom is -0.366 e. The Labute approximate surface area is 192 Å². The van der Waals surface area contributed by atoms with E-state index in [-0.39, 0.29) is 23.8 Å². The predicted octanol–water partition coefficient (Wildman–Crippen LogP) is 5.54. The number of fused-ring (bicyclic) bond motifs is 1. The summed E-state index contributed by atoms with van der Waals surface area (Å²) in [5, 5.41) is 6.08. The van der Waals surface area contributed by atoms with Gasteiger partial charge in [-0.15, -0.1) is 0 Å². The van der Waals surface area contributed by atoms with E-state index in [1.54, 1.807) is 0 Å². The molecule has 2 aromatic carbocycles. The Morgan fingerprint density at radius 2 is 1.81 bits per heavy atom. The molecule has 5 heteroatoms. The zero-order valence-corrected chi connectivity index (χ0v) is 19.9. The maximum atomic E-state index is 13.1. The molecule has 1 aliphatic heterocycles. The fourth-order valence-corrected chi connectivity index (χ4v) is 4.33. The van der Waals surface area contributed by atoms with E-state index in [2.05, 4.69) is 53.6 Å². The van der Waals surface area contributed by atoms with Gasteiger partial charge in [-0.05, 0) is 62.4 Å². The highest BCUT2D eigenvalue weighted by atomic mass is 16.2. The lowest BCUT2D eigenvalue weighted by atomic mass is 9.97. The normalized spacial score (nSPS) is 14.1.